The standard InChI is InChI=1S/C25H30N2O6/c1-15(2)22(13-23(29)26-21(11-12-28)24(30)31)27-25(32)33-14-20-18-9-5-3-7-16(18)17-8-4-6-10-19(17)20/h3-10,15,20-22,28H,11-14H2,1-2H3,(H,26,29)(H,27,32)(H,30,31)/t21?,22-/m0/s1. The predicted molar refractivity (Wildman–Crippen MR) is 123 cm³/mol. The molecule has 8 nitrogen and oxygen atoms in total. The number of amides is 2. The summed E-state index contributed by atoms with van der Waals surface area (Å²) in [6, 6.07) is 14.4. The minimum Gasteiger partial charge on any atom is -0.480 e. The molecule has 0 saturated carbocycles. The molecule has 2 amide bonds. The molecule has 3 rings (SSSR count). The second-order valence-electron chi connectivity index (χ2n) is 8.50. The van der Waals surface area contributed by atoms with E-state index in [1.807, 2.05) is 50.2 Å². The number of aliphatic carboxylic acids is 1. The fourth-order valence-electron chi connectivity index (χ4n) is 4.08. The van der Waals surface area contributed by atoms with Crippen molar-refractivity contribution in [1.82, 2.24) is 10.6 Å². The van der Waals surface area contributed by atoms with Crippen LogP contribution in [0.25, 0.3) is 11.1 Å². The molecule has 4 N–H and O–H groups in total. The summed E-state index contributed by atoms with van der Waals surface area (Å²) < 4.78 is 5.55. The van der Waals surface area contributed by atoms with E-state index in [9.17, 15) is 14.4 Å². The molecule has 33 heavy (non-hydrogen) atoms. The first kappa shape index (κ1) is 24.3. The first-order chi connectivity index (χ1) is 15.8. The fourth-order valence-corrected chi connectivity index (χ4v) is 4.08. The summed E-state index contributed by atoms with van der Waals surface area (Å²) in [5, 5.41) is 23.2. The minimum atomic E-state index is -1.22. The number of carboxylic acids is 1. The first-order valence-electron chi connectivity index (χ1n) is 11.1. The third kappa shape index (κ3) is 5.90. The average Bonchev–Trinajstić information content (AvgIpc) is 3.10. The number of benzene rings is 2. The van der Waals surface area contributed by atoms with Gasteiger partial charge >= 0.3 is 12.1 Å². The van der Waals surface area contributed by atoms with Crippen LogP contribution in [0.15, 0.2) is 48.5 Å². The summed E-state index contributed by atoms with van der Waals surface area (Å²) in [5.74, 6) is -1.90. The van der Waals surface area contributed by atoms with Gasteiger partial charge in [0.15, 0.2) is 0 Å². The lowest BCUT2D eigenvalue weighted by atomic mass is 9.98. The zero-order valence-electron chi connectivity index (χ0n) is 18.8. The van der Waals surface area contributed by atoms with Crippen LogP contribution < -0.4 is 10.6 Å². The Labute approximate surface area is 193 Å². The molecule has 0 bridgehead atoms. The largest absolute Gasteiger partial charge is 0.480 e. The van der Waals surface area contributed by atoms with E-state index in [2.05, 4.69) is 22.8 Å². The summed E-state index contributed by atoms with van der Waals surface area (Å²) in [7, 11) is 0. The zero-order valence-corrected chi connectivity index (χ0v) is 18.8. The maximum absolute atomic E-state index is 12.6. The van der Waals surface area contributed by atoms with Crippen molar-refractivity contribution >= 4 is 18.0 Å². The van der Waals surface area contributed by atoms with Gasteiger partial charge in [-0.1, -0.05) is 62.4 Å². The Kier molecular flexibility index (Phi) is 8.06. The van der Waals surface area contributed by atoms with E-state index in [0.29, 0.717) is 0 Å². The van der Waals surface area contributed by atoms with Gasteiger partial charge in [0, 0.05) is 31.4 Å². The van der Waals surface area contributed by atoms with Gasteiger partial charge in [-0.3, -0.25) is 4.79 Å². The summed E-state index contributed by atoms with van der Waals surface area (Å²) in [4.78, 5) is 36.1. The van der Waals surface area contributed by atoms with E-state index in [1.165, 1.54) is 0 Å². The van der Waals surface area contributed by atoms with Crippen molar-refractivity contribution in [3.63, 3.8) is 0 Å². The van der Waals surface area contributed by atoms with Crippen LogP contribution >= 0.6 is 0 Å². The van der Waals surface area contributed by atoms with Crippen molar-refractivity contribution in [3.8, 4) is 11.1 Å². The third-order valence-corrected chi connectivity index (χ3v) is 5.91. The monoisotopic (exact) mass is 454 g/mol. The molecule has 2 aromatic carbocycles. The Morgan fingerprint density at radius 2 is 1.55 bits per heavy atom. The van der Waals surface area contributed by atoms with E-state index >= 15 is 0 Å². The molecule has 0 spiro atoms. The van der Waals surface area contributed by atoms with E-state index in [1.54, 1.807) is 0 Å². The van der Waals surface area contributed by atoms with Crippen molar-refractivity contribution < 1.29 is 29.3 Å². The Bertz CT molecular complexity index is 960. The SMILES string of the molecule is CC(C)[C@H](CC(=O)NC(CCO)C(=O)O)NC(=O)OCC1c2ccccc2-c2ccccc21. The lowest BCUT2D eigenvalue weighted by Crippen LogP contribution is -2.46. The van der Waals surface area contributed by atoms with Gasteiger partial charge in [-0.25, -0.2) is 9.59 Å². The number of aliphatic hydroxyl groups excluding tert-OH is 1. The molecular weight excluding hydrogens is 424 g/mol. The van der Waals surface area contributed by atoms with Crippen LogP contribution in [0.1, 0.15) is 43.7 Å². The highest BCUT2D eigenvalue weighted by Gasteiger charge is 2.30. The van der Waals surface area contributed by atoms with E-state index in [0.717, 1.165) is 22.3 Å². The molecule has 0 heterocycles. The Balaban J connectivity index is 1.60. The molecule has 8 heteroatoms. The predicted octanol–water partition coefficient (Wildman–Crippen LogP) is 2.89. The number of fused-ring (bicyclic) bond motifs is 3. The highest BCUT2D eigenvalue weighted by molar-refractivity contribution is 5.84. The molecule has 2 aromatic rings. The number of carbonyl (C=O) groups is 3. The van der Waals surface area contributed by atoms with Crippen LogP contribution in [0, 0.1) is 5.92 Å². The fraction of sp³-hybridized carbons (Fsp3) is 0.400. The van der Waals surface area contributed by atoms with Crippen LogP contribution in [0.5, 0.6) is 0 Å². The molecule has 0 aromatic heterocycles. The molecule has 176 valence electrons. The zero-order chi connectivity index (χ0) is 24.0. The number of rotatable bonds is 10. The second kappa shape index (κ2) is 11.0. The van der Waals surface area contributed by atoms with Crippen molar-refractivity contribution in [2.75, 3.05) is 13.2 Å². The summed E-state index contributed by atoms with van der Waals surface area (Å²) in [6.07, 6.45) is -0.821. The van der Waals surface area contributed by atoms with E-state index < -0.39 is 30.1 Å². The molecule has 2 atom stereocenters. The maximum Gasteiger partial charge on any atom is 0.407 e. The van der Waals surface area contributed by atoms with Crippen molar-refractivity contribution in [2.24, 2.45) is 5.92 Å². The Hall–Kier alpha value is -3.39. The molecule has 1 aliphatic rings. The Morgan fingerprint density at radius 1 is 0.970 bits per heavy atom. The molecule has 1 aliphatic carbocycles. The van der Waals surface area contributed by atoms with Crippen molar-refractivity contribution in [3.05, 3.63) is 59.7 Å². The molecule has 0 aliphatic heterocycles. The van der Waals surface area contributed by atoms with Crippen LogP contribution in [0.4, 0.5) is 4.79 Å². The van der Waals surface area contributed by atoms with Crippen LogP contribution in [0.2, 0.25) is 0 Å². The molecule has 1 unspecified atom stereocenters. The average molecular weight is 455 g/mol. The minimum absolute atomic E-state index is 0.0706. The summed E-state index contributed by atoms with van der Waals surface area (Å²) in [5.41, 5.74) is 4.48. The van der Waals surface area contributed by atoms with Gasteiger partial charge in [0.25, 0.3) is 0 Å². The Morgan fingerprint density at radius 3 is 2.06 bits per heavy atom. The highest BCUT2D eigenvalue weighted by atomic mass is 16.5. The van der Waals surface area contributed by atoms with Crippen molar-refractivity contribution in [1.29, 1.82) is 0 Å². The van der Waals surface area contributed by atoms with E-state index in [4.69, 9.17) is 14.9 Å². The molecule has 0 fully saturated rings. The lowest BCUT2D eigenvalue weighted by molar-refractivity contribution is -0.142. The van der Waals surface area contributed by atoms with Gasteiger partial charge in [0.2, 0.25) is 5.91 Å². The number of hydrogen-bond donors (Lipinski definition) is 4. The normalized spacial score (nSPS) is 14.2. The number of ether oxygens (including phenoxy) is 1. The van der Waals surface area contributed by atoms with Crippen molar-refractivity contribution in [2.45, 2.75) is 44.7 Å². The molecule has 0 radical (unpaired) electrons. The van der Waals surface area contributed by atoms with Crippen LogP contribution in [0.3, 0.4) is 0 Å². The van der Waals surface area contributed by atoms with Crippen LogP contribution in [-0.4, -0.2) is 53.5 Å². The molecular formula is C25H30N2O6. The van der Waals surface area contributed by atoms with Gasteiger partial charge in [-0.05, 0) is 28.2 Å². The number of alkyl carbamates (subject to hydrolysis) is 1. The molecule has 0 saturated heterocycles. The quantitative estimate of drug-likeness (QED) is 0.438. The topological polar surface area (TPSA) is 125 Å². The van der Waals surface area contributed by atoms with Gasteiger partial charge in [-0.15, -0.1) is 0 Å². The number of carbonyl (C=O) groups excluding carboxylic acids is 2. The van der Waals surface area contributed by atoms with E-state index in [-0.39, 0.29) is 37.9 Å². The maximum atomic E-state index is 12.6. The van der Waals surface area contributed by atoms with Gasteiger partial charge < -0.3 is 25.6 Å². The highest BCUT2D eigenvalue weighted by Crippen LogP contribution is 2.44. The first-order valence-corrected chi connectivity index (χ1v) is 11.1. The number of nitrogens with one attached hydrogen (secondary N) is 2. The number of hydrogen-bond acceptors (Lipinski definition) is 5. The smallest absolute Gasteiger partial charge is 0.407 e. The lowest BCUT2D eigenvalue weighted by Gasteiger charge is -2.23. The summed E-state index contributed by atoms with van der Waals surface area (Å²) >= 11 is 0. The third-order valence-electron chi connectivity index (χ3n) is 5.91. The second-order valence-corrected chi connectivity index (χ2v) is 8.50. The van der Waals surface area contributed by atoms with Crippen LogP contribution in [-0.2, 0) is 14.3 Å². The van der Waals surface area contributed by atoms with Gasteiger partial charge in [0.05, 0.1) is 0 Å². The van der Waals surface area contributed by atoms with Gasteiger partial charge in [-0.2, -0.15) is 0 Å². The van der Waals surface area contributed by atoms with Gasteiger partial charge in [0.1, 0.15) is 12.6 Å². The number of aliphatic hydroxyl groups is 1. The summed E-state index contributed by atoms with van der Waals surface area (Å²) in [6.45, 7) is 3.51. The number of carboxylic acid groups (broad SMARTS) is 1.